The van der Waals surface area contributed by atoms with Crippen LogP contribution in [0.2, 0.25) is 0 Å². The Hall–Kier alpha value is -3.34. The summed E-state index contributed by atoms with van der Waals surface area (Å²) in [4.78, 5) is 48.8. The van der Waals surface area contributed by atoms with Gasteiger partial charge in [-0.1, -0.05) is 234 Å². The monoisotopic (exact) mass is 1140 g/mol. The lowest BCUT2D eigenvalue weighted by molar-refractivity contribution is -0.161. The summed E-state index contributed by atoms with van der Waals surface area (Å²) in [7, 11) is -4.77. The number of rotatable bonds is 60. The van der Waals surface area contributed by atoms with Crippen molar-refractivity contribution in [1.82, 2.24) is 0 Å². The van der Waals surface area contributed by atoms with Gasteiger partial charge in [-0.05, 0) is 122 Å². The Morgan fingerprint density at radius 3 is 0.938 bits per heavy atom. The third-order valence-corrected chi connectivity index (χ3v) is 14.7. The lowest BCUT2D eigenvalue weighted by Gasteiger charge is -2.21. The van der Waals surface area contributed by atoms with E-state index >= 15 is 0 Å². The number of hydrogen-bond donors (Lipinski definition) is 2. The van der Waals surface area contributed by atoms with Gasteiger partial charge in [0.25, 0.3) is 0 Å². The van der Waals surface area contributed by atoms with Crippen LogP contribution in [0.5, 0.6) is 0 Å². The van der Waals surface area contributed by atoms with Crippen molar-refractivity contribution in [2.45, 2.75) is 303 Å². The first-order valence-corrected chi connectivity index (χ1v) is 34.0. The predicted octanol–water partition coefficient (Wildman–Crippen LogP) is 19.8. The molecule has 0 spiro atoms. The molecule has 3 atom stereocenters. The molecule has 0 heterocycles. The van der Waals surface area contributed by atoms with Gasteiger partial charge in [0.05, 0.1) is 19.8 Å². The summed E-state index contributed by atoms with van der Waals surface area (Å²) in [5, 5.41) is 9.86. The molecule has 12 heteroatoms. The number of phosphoric ester groups is 1. The Morgan fingerprint density at radius 2 is 0.613 bits per heavy atom. The highest BCUT2D eigenvalue weighted by Gasteiger charge is 2.28. The normalized spacial score (nSPS) is 13.8. The fraction of sp³-hybridized carbons (Fsp3) is 0.750. The summed E-state index contributed by atoms with van der Waals surface area (Å²) in [6.07, 6.45) is 72.4. The molecule has 0 aromatic heterocycles. The van der Waals surface area contributed by atoms with Gasteiger partial charge in [0.2, 0.25) is 0 Å². The molecule has 462 valence electrons. The molecule has 0 aliphatic carbocycles. The van der Waals surface area contributed by atoms with Gasteiger partial charge in [0.1, 0.15) is 12.7 Å². The summed E-state index contributed by atoms with van der Waals surface area (Å²) in [5.41, 5.74) is 0. The van der Waals surface area contributed by atoms with Gasteiger partial charge in [-0.2, -0.15) is 0 Å². The minimum absolute atomic E-state index is 0.147. The Bertz CT molecular complexity index is 1670. The molecule has 0 bridgehead atoms. The molecule has 0 aliphatic rings. The van der Waals surface area contributed by atoms with Gasteiger partial charge in [-0.25, -0.2) is 4.57 Å². The van der Waals surface area contributed by atoms with E-state index in [1.165, 1.54) is 103 Å². The topological polar surface area (TPSA) is 155 Å². The molecule has 0 aromatic carbocycles. The van der Waals surface area contributed by atoms with E-state index in [2.05, 4.69) is 106 Å². The van der Waals surface area contributed by atoms with E-state index in [9.17, 15) is 28.9 Å². The van der Waals surface area contributed by atoms with E-state index in [0.29, 0.717) is 19.3 Å². The Labute approximate surface area is 490 Å². The summed E-state index contributed by atoms with van der Waals surface area (Å²) >= 11 is 0. The number of aliphatic hydroxyl groups excluding tert-OH is 1. The Kier molecular flexibility index (Phi) is 59.1. The predicted molar refractivity (Wildman–Crippen MR) is 334 cm³/mol. The van der Waals surface area contributed by atoms with Crippen LogP contribution in [0.25, 0.3) is 0 Å². The van der Waals surface area contributed by atoms with Crippen molar-refractivity contribution in [3.8, 4) is 0 Å². The van der Waals surface area contributed by atoms with Crippen molar-refractivity contribution in [3.63, 3.8) is 0 Å². The molecular formula is C68H119O11P. The van der Waals surface area contributed by atoms with E-state index < -0.39 is 57.8 Å². The number of unbranched alkanes of at least 4 members (excludes halogenated alkanes) is 29. The van der Waals surface area contributed by atoms with Crippen LogP contribution in [0.15, 0.2) is 85.1 Å². The zero-order valence-electron chi connectivity index (χ0n) is 51.3. The number of hydrogen-bond acceptors (Lipinski definition) is 10. The third-order valence-electron chi connectivity index (χ3n) is 13.8. The maximum Gasteiger partial charge on any atom is 0.472 e. The highest BCUT2D eigenvalue weighted by Crippen LogP contribution is 2.43. The van der Waals surface area contributed by atoms with Crippen molar-refractivity contribution in [2.24, 2.45) is 0 Å². The maximum absolute atomic E-state index is 13.0. The number of phosphoric acid groups is 1. The Morgan fingerprint density at radius 1 is 0.350 bits per heavy atom. The minimum atomic E-state index is -4.77. The van der Waals surface area contributed by atoms with E-state index in [-0.39, 0.29) is 25.9 Å². The average Bonchev–Trinajstić information content (AvgIpc) is 3.45. The fourth-order valence-electron chi connectivity index (χ4n) is 8.78. The van der Waals surface area contributed by atoms with Crippen molar-refractivity contribution >= 4 is 25.7 Å². The largest absolute Gasteiger partial charge is 0.472 e. The lowest BCUT2D eigenvalue weighted by atomic mass is 10.1. The molecule has 11 nitrogen and oxygen atoms in total. The van der Waals surface area contributed by atoms with Crippen LogP contribution in [0.3, 0.4) is 0 Å². The van der Waals surface area contributed by atoms with E-state index in [1.807, 2.05) is 0 Å². The number of carbonyl (C=O) groups is 3. The van der Waals surface area contributed by atoms with Crippen molar-refractivity contribution in [2.75, 3.05) is 26.4 Å². The van der Waals surface area contributed by atoms with Crippen LogP contribution in [0, 0.1) is 0 Å². The van der Waals surface area contributed by atoms with Crippen LogP contribution in [0.1, 0.15) is 290 Å². The summed E-state index contributed by atoms with van der Waals surface area (Å²) in [6.45, 7) is 4.57. The number of esters is 3. The number of aliphatic hydroxyl groups is 1. The molecule has 0 aliphatic heterocycles. The molecule has 80 heavy (non-hydrogen) atoms. The molecule has 0 saturated carbocycles. The van der Waals surface area contributed by atoms with Crippen LogP contribution >= 0.6 is 7.82 Å². The van der Waals surface area contributed by atoms with Crippen molar-refractivity contribution in [1.29, 1.82) is 0 Å². The molecule has 3 unspecified atom stereocenters. The molecule has 2 N–H and O–H groups in total. The molecule has 0 saturated heterocycles. The number of carbonyl (C=O) groups excluding carboxylic acids is 3. The van der Waals surface area contributed by atoms with Crippen molar-refractivity contribution in [3.05, 3.63) is 85.1 Å². The van der Waals surface area contributed by atoms with E-state index in [4.69, 9.17) is 23.3 Å². The van der Waals surface area contributed by atoms with Crippen LogP contribution in [0.4, 0.5) is 0 Å². The zero-order valence-corrected chi connectivity index (χ0v) is 52.2. The minimum Gasteiger partial charge on any atom is -0.462 e. The average molecular weight is 1140 g/mol. The van der Waals surface area contributed by atoms with Gasteiger partial charge in [0.15, 0.2) is 6.10 Å². The molecule has 0 radical (unpaired) electrons. The van der Waals surface area contributed by atoms with Crippen LogP contribution < -0.4 is 0 Å². The number of ether oxygens (including phenoxy) is 3. The highest BCUT2D eigenvalue weighted by atomic mass is 31.2. The second-order valence-electron chi connectivity index (χ2n) is 21.6. The Balaban J connectivity index is 4.71. The van der Waals surface area contributed by atoms with Gasteiger partial charge in [-0.3, -0.25) is 23.4 Å². The second-order valence-corrected chi connectivity index (χ2v) is 23.0. The maximum atomic E-state index is 13.0. The first kappa shape index (κ1) is 76.7. The molecule has 0 amide bonds. The SMILES string of the molecule is CCCCC/C=C\C/C=C\C/C=C\CCCCCCCCC(=O)OC(COC(=O)CCCCCCC/C=C\C/C=C\CCCCC)COP(=O)(O)OCC(CO)OC(=O)CCCCCCCCCCC/C=C\C/C=C\CCCCC. The summed E-state index contributed by atoms with van der Waals surface area (Å²) < 4.78 is 39.7. The van der Waals surface area contributed by atoms with Gasteiger partial charge >= 0.3 is 25.7 Å². The van der Waals surface area contributed by atoms with E-state index in [1.54, 1.807) is 0 Å². The smallest absolute Gasteiger partial charge is 0.462 e. The second kappa shape index (κ2) is 61.7. The zero-order chi connectivity index (χ0) is 58.3. The molecule has 0 rings (SSSR count). The summed E-state index contributed by atoms with van der Waals surface area (Å²) in [5.74, 6) is -1.49. The van der Waals surface area contributed by atoms with Crippen molar-refractivity contribution < 1.29 is 52.2 Å². The van der Waals surface area contributed by atoms with Gasteiger partial charge in [0, 0.05) is 19.3 Å². The fourth-order valence-corrected chi connectivity index (χ4v) is 9.56. The van der Waals surface area contributed by atoms with Crippen LogP contribution in [-0.2, 0) is 42.2 Å². The van der Waals surface area contributed by atoms with Gasteiger partial charge in [-0.15, -0.1) is 0 Å². The summed E-state index contributed by atoms with van der Waals surface area (Å²) in [6, 6.07) is 0. The third kappa shape index (κ3) is 59.3. The first-order chi connectivity index (χ1) is 39.2. The molecular weight excluding hydrogens is 1020 g/mol. The molecule has 0 fully saturated rings. The van der Waals surface area contributed by atoms with E-state index in [0.717, 1.165) is 128 Å². The van der Waals surface area contributed by atoms with Gasteiger partial charge < -0.3 is 24.2 Å². The van der Waals surface area contributed by atoms with Crippen LogP contribution in [-0.4, -0.2) is 66.5 Å². The first-order valence-electron chi connectivity index (χ1n) is 32.5. The quantitative estimate of drug-likeness (QED) is 0.0197. The highest BCUT2D eigenvalue weighted by molar-refractivity contribution is 7.47. The standard InChI is InChI=1S/C68H119O11P/c1-4-7-10-13-16-19-22-25-28-30-32-34-37-40-43-46-49-52-55-58-67(71)78-64(60-69)62-76-80(73,74)77-63-65(61-75-66(70)57-54-51-48-45-42-39-36-27-24-21-18-15-12-9-6-3)79-68(72)59-56-53-50-47-44-41-38-35-33-31-29-26-23-20-17-14-11-8-5-2/h16-21,25-29,33,35-36,64-65,69H,4-15,22-24,30-32,34,37-63H2,1-3H3,(H,73,74)/b19-16-,20-17-,21-18-,28-25-,29-26-,35-33-,36-27-. The molecule has 0 aromatic rings. The number of allylic oxidation sites excluding steroid dienone is 14. The lowest BCUT2D eigenvalue weighted by Crippen LogP contribution is -2.30.